The molecule has 126 valence electrons. The molecule has 5 nitrogen and oxygen atoms in total. The third-order valence-corrected chi connectivity index (χ3v) is 4.81. The Hall–Kier alpha value is -2.95. The van der Waals surface area contributed by atoms with E-state index >= 15 is 0 Å². The van der Waals surface area contributed by atoms with E-state index in [0.29, 0.717) is 5.95 Å². The molecule has 0 bridgehead atoms. The molecule has 1 aliphatic rings. The van der Waals surface area contributed by atoms with Crippen molar-refractivity contribution in [2.24, 2.45) is 0 Å². The molecule has 25 heavy (non-hydrogen) atoms. The molecule has 2 heterocycles. The van der Waals surface area contributed by atoms with Crippen LogP contribution in [0.15, 0.2) is 60.9 Å². The Morgan fingerprint density at radius 2 is 1.68 bits per heavy atom. The van der Waals surface area contributed by atoms with Crippen molar-refractivity contribution in [3.05, 3.63) is 77.6 Å². The van der Waals surface area contributed by atoms with Crippen molar-refractivity contribution in [3.63, 3.8) is 0 Å². The molecule has 2 atom stereocenters. The van der Waals surface area contributed by atoms with Crippen molar-refractivity contribution in [3.8, 4) is 0 Å². The molecule has 0 aliphatic carbocycles. The highest BCUT2D eigenvalue weighted by molar-refractivity contribution is 5.90. The highest BCUT2D eigenvalue weighted by Crippen LogP contribution is 2.41. The zero-order chi connectivity index (χ0) is 17.4. The first-order valence-electron chi connectivity index (χ1n) is 8.46. The van der Waals surface area contributed by atoms with Gasteiger partial charge in [0, 0.05) is 6.92 Å². The lowest BCUT2D eigenvalue weighted by atomic mass is 9.91. The Morgan fingerprint density at radius 3 is 2.36 bits per heavy atom. The van der Waals surface area contributed by atoms with Crippen LogP contribution in [-0.2, 0) is 4.79 Å². The number of hydrogen-bond donors (Lipinski definition) is 0. The summed E-state index contributed by atoms with van der Waals surface area (Å²) in [6, 6.07) is 18.6. The van der Waals surface area contributed by atoms with Gasteiger partial charge < -0.3 is 0 Å². The maximum absolute atomic E-state index is 12.4. The van der Waals surface area contributed by atoms with Gasteiger partial charge in [-0.25, -0.2) is 4.68 Å². The van der Waals surface area contributed by atoms with Crippen molar-refractivity contribution < 1.29 is 4.79 Å². The van der Waals surface area contributed by atoms with Crippen LogP contribution in [0.25, 0.3) is 0 Å². The summed E-state index contributed by atoms with van der Waals surface area (Å²) < 4.78 is 1.87. The summed E-state index contributed by atoms with van der Waals surface area (Å²) in [5, 5.41) is 4.41. The minimum Gasteiger partial charge on any atom is -0.275 e. The maximum Gasteiger partial charge on any atom is 0.231 e. The monoisotopic (exact) mass is 332 g/mol. The Balaban J connectivity index is 1.83. The number of carbonyl (C=O) groups is 1. The molecule has 0 saturated heterocycles. The SMILES string of the molecule is CC(=O)N1c2ncnn2[C@@H](c2ccc(C)cc2)C[C@H]1c1ccccc1. The number of rotatable bonds is 2. The third kappa shape index (κ3) is 2.71. The molecule has 0 fully saturated rings. The highest BCUT2D eigenvalue weighted by Gasteiger charge is 2.37. The first-order valence-corrected chi connectivity index (χ1v) is 8.46. The average Bonchev–Trinajstić information content (AvgIpc) is 3.11. The van der Waals surface area contributed by atoms with Crippen molar-refractivity contribution in [1.82, 2.24) is 14.8 Å². The standard InChI is InChI=1S/C20H20N4O/c1-14-8-10-17(11-9-14)19-12-18(16-6-4-3-5-7-16)23(15(2)25)20-21-13-22-24(19)20/h3-11,13,18-19H,12H2,1-2H3/t18-,19+/m0/s1. The molecule has 0 radical (unpaired) electrons. The van der Waals surface area contributed by atoms with Crippen molar-refractivity contribution in [2.45, 2.75) is 32.4 Å². The van der Waals surface area contributed by atoms with Crippen LogP contribution >= 0.6 is 0 Å². The predicted molar refractivity (Wildman–Crippen MR) is 96.3 cm³/mol. The fourth-order valence-corrected chi connectivity index (χ4v) is 3.58. The second-order valence-corrected chi connectivity index (χ2v) is 6.48. The van der Waals surface area contributed by atoms with Crippen LogP contribution in [0.3, 0.4) is 0 Å². The smallest absolute Gasteiger partial charge is 0.231 e. The first-order chi connectivity index (χ1) is 12.1. The van der Waals surface area contributed by atoms with Gasteiger partial charge in [0.2, 0.25) is 11.9 Å². The lowest BCUT2D eigenvalue weighted by Crippen LogP contribution is -2.41. The van der Waals surface area contributed by atoms with Crippen LogP contribution in [-0.4, -0.2) is 20.7 Å². The van der Waals surface area contributed by atoms with Crippen LogP contribution in [0.2, 0.25) is 0 Å². The molecule has 3 aromatic rings. The van der Waals surface area contributed by atoms with Crippen molar-refractivity contribution in [1.29, 1.82) is 0 Å². The molecule has 2 aromatic carbocycles. The Labute approximate surface area is 146 Å². The second-order valence-electron chi connectivity index (χ2n) is 6.48. The number of carbonyl (C=O) groups excluding carboxylic acids is 1. The second kappa shape index (κ2) is 6.16. The van der Waals surface area contributed by atoms with E-state index < -0.39 is 0 Å². The summed E-state index contributed by atoms with van der Waals surface area (Å²) in [6.45, 7) is 3.66. The van der Waals surface area contributed by atoms with Gasteiger partial charge in [-0.2, -0.15) is 10.1 Å². The summed E-state index contributed by atoms with van der Waals surface area (Å²) in [7, 11) is 0. The average molecular weight is 332 g/mol. The number of fused-ring (bicyclic) bond motifs is 1. The van der Waals surface area contributed by atoms with Gasteiger partial charge in [-0.15, -0.1) is 0 Å². The van der Waals surface area contributed by atoms with E-state index in [9.17, 15) is 4.79 Å². The Bertz CT molecular complexity index is 886. The van der Waals surface area contributed by atoms with E-state index in [1.54, 1.807) is 11.8 Å². The molecule has 0 unspecified atom stereocenters. The topological polar surface area (TPSA) is 51.0 Å². The summed E-state index contributed by atoms with van der Waals surface area (Å²) in [6.07, 6.45) is 2.29. The number of aromatic nitrogens is 3. The zero-order valence-electron chi connectivity index (χ0n) is 14.3. The third-order valence-electron chi connectivity index (χ3n) is 4.81. The van der Waals surface area contributed by atoms with Crippen LogP contribution in [0.1, 0.15) is 42.1 Å². The van der Waals surface area contributed by atoms with E-state index in [2.05, 4.69) is 53.4 Å². The van der Waals surface area contributed by atoms with Gasteiger partial charge in [-0.05, 0) is 24.5 Å². The van der Waals surface area contributed by atoms with E-state index in [1.807, 2.05) is 22.9 Å². The van der Waals surface area contributed by atoms with Crippen LogP contribution in [0.5, 0.6) is 0 Å². The molecule has 0 N–H and O–H groups in total. The number of anilines is 1. The number of hydrogen-bond acceptors (Lipinski definition) is 3. The van der Waals surface area contributed by atoms with E-state index in [-0.39, 0.29) is 18.0 Å². The van der Waals surface area contributed by atoms with Crippen molar-refractivity contribution >= 4 is 11.9 Å². The number of nitrogens with zero attached hydrogens (tertiary/aromatic N) is 4. The minimum atomic E-state index is -0.0540. The molecule has 1 aromatic heterocycles. The molecule has 1 amide bonds. The summed E-state index contributed by atoms with van der Waals surface area (Å²) in [5.41, 5.74) is 3.52. The van der Waals surface area contributed by atoms with Crippen molar-refractivity contribution in [2.75, 3.05) is 4.90 Å². The Morgan fingerprint density at radius 1 is 1.00 bits per heavy atom. The molecule has 4 rings (SSSR count). The first kappa shape index (κ1) is 15.6. The molecular formula is C20H20N4O. The fourth-order valence-electron chi connectivity index (χ4n) is 3.58. The van der Waals surface area contributed by atoms with Crippen LogP contribution < -0.4 is 4.90 Å². The minimum absolute atomic E-state index is 0.0227. The van der Waals surface area contributed by atoms with Gasteiger partial charge >= 0.3 is 0 Å². The van der Waals surface area contributed by atoms with Crippen LogP contribution in [0, 0.1) is 6.92 Å². The Kier molecular flexibility index (Phi) is 3.84. The van der Waals surface area contributed by atoms with Gasteiger partial charge in [0.15, 0.2) is 0 Å². The van der Waals surface area contributed by atoms with Gasteiger partial charge in [0.25, 0.3) is 0 Å². The van der Waals surface area contributed by atoms with Crippen LogP contribution in [0.4, 0.5) is 5.95 Å². The fraction of sp³-hybridized carbons (Fsp3) is 0.250. The molecule has 0 saturated carbocycles. The molecule has 0 spiro atoms. The number of aryl methyl sites for hydroxylation is 1. The predicted octanol–water partition coefficient (Wildman–Crippen LogP) is 3.67. The van der Waals surface area contributed by atoms with Gasteiger partial charge in [-0.3, -0.25) is 9.69 Å². The largest absolute Gasteiger partial charge is 0.275 e. The number of benzene rings is 2. The quantitative estimate of drug-likeness (QED) is 0.719. The summed E-state index contributed by atoms with van der Waals surface area (Å²) in [5.74, 6) is 0.587. The lowest BCUT2D eigenvalue weighted by Gasteiger charge is -2.38. The van der Waals surface area contributed by atoms with Gasteiger partial charge in [0.1, 0.15) is 6.33 Å². The maximum atomic E-state index is 12.4. The summed E-state index contributed by atoms with van der Waals surface area (Å²) in [4.78, 5) is 18.5. The van der Waals surface area contributed by atoms with Gasteiger partial charge in [0.05, 0.1) is 12.1 Å². The molecular weight excluding hydrogens is 312 g/mol. The number of amides is 1. The zero-order valence-corrected chi connectivity index (χ0v) is 14.3. The molecule has 1 aliphatic heterocycles. The molecule has 5 heteroatoms. The van der Waals surface area contributed by atoms with E-state index in [0.717, 1.165) is 12.0 Å². The normalized spacial score (nSPS) is 19.5. The summed E-state index contributed by atoms with van der Waals surface area (Å²) >= 11 is 0. The highest BCUT2D eigenvalue weighted by atomic mass is 16.2. The lowest BCUT2D eigenvalue weighted by molar-refractivity contribution is -0.117. The van der Waals surface area contributed by atoms with E-state index in [1.165, 1.54) is 17.5 Å². The van der Waals surface area contributed by atoms with E-state index in [4.69, 9.17) is 0 Å². The van der Waals surface area contributed by atoms with Gasteiger partial charge in [-0.1, -0.05) is 60.2 Å².